The molecule has 26 heavy (non-hydrogen) atoms. The third-order valence-electron chi connectivity index (χ3n) is 4.61. The Morgan fingerprint density at radius 1 is 1.12 bits per heavy atom. The van der Waals surface area contributed by atoms with E-state index in [-0.39, 0.29) is 24.4 Å². The number of anilines is 1. The molecule has 0 aliphatic carbocycles. The smallest absolute Gasteiger partial charge is 0.340 e. The van der Waals surface area contributed by atoms with Crippen LogP contribution in [0, 0.1) is 5.82 Å². The minimum absolute atomic E-state index is 0.0422. The third-order valence-corrected chi connectivity index (χ3v) is 4.61. The van der Waals surface area contributed by atoms with Crippen LogP contribution in [0.5, 0.6) is 0 Å². The lowest BCUT2D eigenvalue weighted by molar-refractivity contribution is -0.144. The largest absolute Gasteiger partial charge is 0.433 e. The summed E-state index contributed by atoms with van der Waals surface area (Å²) in [5, 5.41) is 2.51. The first-order chi connectivity index (χ1) is 12.6. The van der Waals surface area contributed by atoms with Crippen molar-refractivity contribution in [3.8, 4) is 0 Å². The zero-order chi connectivity index (χ0) is 18.3. The number of nitrogens with one attached hydrogen (secondary N) is 1. The lowest BCUT2D eigenvalue weighted by Gasteiger charge is -2.29. The van der Waals surface area contributed by atoms with Crippen molar-refractivity contribution in [2.75, 3.05) is 5.32 Å². The van der Waals surface area contributed by atoms with Gasteiger partial charge >= 0.3 is 5.97 Å². The van der Waals surface area contributed by atoms with Gasteiger partial charge in [-0.1, -0.05) is 30.3 Å². The second-order valence-electron chi connectivity index (χ2n) is 6.17. The maximum atomic E-state index is 13.8. The van der Waals surface area contributed by atoms with E-state index >= 15 is 0 Å². The summed E-state index contributed by atoms with van der Waals surface area (Å²) < 4.78 is 19.1. The van der Waals surface area contributed by atoms with Gasteiger partial charge in [-0.3, -0.25) is 14.5 Å². The summed E-state index contributed by atoms with van der Waals surface area (Å²) in [6.45, 7) is 0. The number of amides is 2. The maximum absolute atomic E-state index is 13.8. The van der Waals surface area contributed by atoms with Crippen molar-refractivity contribution in [1.82, 2.24) is 4.90 Å². The van der Waals surface area contributed by atoms with E-state index in [2.05, 4.69) is 5.32 Å². The van der Waals surface area contributed by atoms with Crippen LogP contribution in [0.1, 0.15) is 35.0 Å². The normalized spacial score (nSPS) is 21.5. The summed E-state index contributed by atoms with van der Waals surface area (Å²) in [6, 6.07) is 11.7. The Hall–Kier alpha value is -3.22. The zero-order valence-corrected chi connectivity index (χ0v) is 13.6. The second-order valence-corrected chi connectivity index (χ2v) is 6.17. The average molecular weight is 354 g/mol. The van der Waals surface area contributed by atoms with Crippen LogP contribution in [0.4, 0.5) is 10.1 Å². The number of nitrogens with zero attached hydrogens (tertiary/aromatic N) is 1. The predicted octanol–water partition coefficient (Wildman–Crippen LogP) is 2.62. The monoisotopic (exact) mass is 354 g/mol. The summed E-state index contributed by atoms with van der Waals surface area (Å²) in [5.74, 6) is -1.89. The fraction of sp³-hybridized carbons (Fsp3) is 0.211. The molecule has 2 heterocycles. The van der Waals surface area contributed by atoms with Crippen molar-refractivity contribution < 1.29 is 23.5 Å². The molecule has 0 spiro atoms. The molecule has 0 saturated carbocycles. The molecule has 4 rings (SSSR count). The van der Waals surface area contributed by atoms with Gasteiger partial charge in [0.15, 0.2) is 0 Å². The first-order valence-electron chi connectivity index (χ1n) is 8.23. The summed E-state index contributed by atoms with van der Waals surface area (Å²) in [7, 11) is 0. The molecule has 2 atom stereocenters. The SMILES string of the molecule is O=C1O[C@H](N2C(=O)CC[C@@H]2C(=O)Nc2ccccc2F)c2ccccc21. The van der Waals surface area contributed by atoms with Crippen LogP contribution in [0.25, 0.3) is 0 Å². The Kier molecular flexibility index (Phi) is 3.91. The summed E-state index contributed by atoms with van der Waals surface area (Å²) in [5.41, 5.74) is 0.975. The molecule has 6 nitrogen and oxygen atoms in total. The molecule has 0 unspecified atom stereocenters. The number of hydrogen-bond donors (Lipinski definition) is 1. The summed E-state index contributed by atoms with van der Waals surface area (Å²) in [6.07, 6.45) is -0.508. The predicted molar refractivity (Wildman–Crippen MR) is 89.5 cm³/mol. The topological polar surface area (TPSA) is 75.7 Å². The number of ether oxygens (including phenoxy) is 1. The van der Waals surface area contributed by atoms with E-state index in [1.165, 1.54) is 23.1 Å². The molecule has 1 N–H and O–H groups in total. The van der Waals surface area contributed by atoms with Crippen molar-refractivity contribution in [2.45, 2.75) is 25.1 Å². The Morgan fingerprint density at radius 2 is 1.85 bits per heavy atom. The first kappa shape index (κ1) is 16.3. The van der Waals surface area contributed by atoms with Gasteiger partial charge in [0.2, 0.25) is 18.0 Å². The van der Waals surface area contributed by atoms with Gasteiger partial charge < -0.3 is 10.1 Å². The van der Waals surface area contributed by atoms with Crippen molar-refractivity contribution in [1.29, 1.82) is 0 Å². The highest BCUT2D eigenvalue weighted by Crippen LogP contribution is 2.38. The summed E-state index contributed by atoms with van der Waals surface area (Å²) >= 11 is 0. The number of fused-ring (bicyclic) bond motifs is 1. The standard InChI is InChI=1S/C19H15FN2O4/c20-13-7-3-4-8-14(13)21-17(24)15-9-10-16(23)22(15)18-11-5-1-2-6-12(11)19(25)26-18/h1-8,15,18H,9-10H2,(H,21,24)/t15-,18+/m1/s1. The van der Waals surface area contributed by atoms with Crippen LogP contribution < -0.4 is 5.32 Å². The minimum atomic E-state index is -0.940. The van der Waals surface area contributed by atoms with Gasteiger partial charge in [-0.15, -0.1) is 0 Å². The highest BCUT2D eigenvalue weighted by molar-refractivity contribution is 6.00. The van der Waals surface area contributed by atoms with Gasteiger partial charge in [-0.2, -0.15) is 0 Å². The van der Waals surface area contributed by atoms with Gasteiger partial charge in [0.1, 0.15) is 11.9 Å². The van der Waals surface area contributed by atoms with E-state index in [4.69, 9.17) is 4.74 Å². The Morgan fingerprint density at radius 3 is 2.65 bits per heavy atom. The van der Waals surface area contributed by atoms with Crippen LogP contribution in [0.15, 0.2) is 48.5 Å². The lowest BCUT2D eigenvalue weighted by atomic mass is 10.1. The highest BCUT2D eigenvalue weighted by Gasteiger charge is 2.46. The molecular weight excluding hydrogens is 339 g/mol. The molecule has 0 radical (unpaired) electrons. The fourth-order valence-electron chi connectivity index (χ4n) is 3.37. The van der Waals surface area contributed by atoms with E-state index in [1.807, 2.05) is 0 Å². The molecule has 1 fully saturated rings. The number of rotatable bonds is 3. The number of benzene rings is 2. The maximum Gasteiger partial charge on any atom is 0.340 e. The Labute approximate surface area is 148 Å². The average Bonchev–Trinajstić information content (AvgIpc) is 3.17. The van der Waals surface area contributed by atoms with Crippen LogP contribution >= 0.6 is 0 Å². The van der Waals surface area contributed by atoms with Gasteiger partial charge in [-0.25, -0.2) is 9.18 Å². The quantitative estimate of drug-likeness (QED) is 0.860. The zero-order valence-electron chi connectivity index (χ0n) is 13.6. The molecule has 0 bridgehead atoms. The molecule has 0 aromatic heterocycles. The lowest BCUT2D eigenvalue weighted by Crippen LogP contribution is -2.44. The van der Waals surface area contributed by atoms with Crippen LogP contribution in [0.3, 0.4) is 0 Å². The van der Waals surface area contributed by atoms with Gasteiger partial charge in [-0.05, 0) is 24.6 Å². The van der Waals surface area contributed by atoms with E-state index in [1.54, 1.807) is 30.3 Å². The van der Waals surface area contributed by atoms with Gasteiger partial charge in [0, 0.05) is 12.0 Å². The number of hydrogen-bond acceptors (Lipinski definition) is 4. The first-order valence-corrected chi connectivity index (χ1v) is 8.23. The molecule has 2 aliphatic rings. The van der Waals surface area contributed by atoms with Crippen LogP contribution in [-0.2, 0) is 14.3 Å². The van der Waals surface area contributed by atoms with Crippen LogP contribution in [-0.4, -0.2) is 28.7 Å². The fourth-order valence-corrected chi connectivity index (χ4v) is 3.37. The number of carbonyl (C=O) groups is 3. The molecule has 1 saturated heterocycles. The van der Waals surface area contributed by atoms with Crippen molar-refractivity contribution in [3.05, 3.63) is 65.5 Å². The van der Waals surface area contributed by atoms with Crippen molar-refractivity contribution >= 4 is 23.5 Å². The van der Waals surface area contributed by atoms with E-state index in [0.717, 1.165) is 0 Å². The molecular formula is C19H15FN2O4. The molecule has 132 valence electrons. The highest BCUT2D eigenvalue weighted by atomic mass is 19.1. The molecule has 2 aromatic rings. The van der Waals surface area contributed by atoms with E-state index in [9.17, 15) is 18.8 Å². The molecule has 2 aliphatic heterocycles. The molecule has 7 heteroatoms. The number of cyclic esters (lactones) is 1. The molecule has 2 aromatic carbocycles. The van der Waals surface area contributed by atoms with Crippen molar-refractivity contribution in [2.24, 2.45) is 0 Å². The number of para-hydroxylation sites is 1. The summed E-state index contributed by atoms with van der Waals surface area (Å²) in [4.78, 5) is 38.4. The third kappa shape index (κ3) is 2.61. The van der Waals surface area contributed by atoms with Gasteiger partial charge in [0.05, 0.1) is 11.3 Å². The van der Waals surface area contributed by atoms with Crippen LogP contribution in [0.2, 0.25) is 0 Å². The molecule has 2 amide bonds. The Bertz CT molecular complexity index is 914. The van der Waals surface area contributed by atoms with E-state index in [0.29, 0.717) is 11.1 Å². The number of likely N-dealkylation sites (tertiary alicyclic amines) is 1. The number of esters is 1. The minimum Gasteiger partial charge on any atom is -0.433 e. The Balaban J connectivity index is 1.62. The second kappa shape index (κ2) is 6.25. The number of halogens is 1. The van der Waals surface area contributed by atoms with Gasteiger partial charge in [0.25, 0.3) is 0 Å². The van der Waals surface area contributed by atoms with E-state index < -0.39 is 30.0 Å². The van der Waals surface area contributed by atoms with Crippen molar-refractivity contribution in [3.63, 3.8) is 0 Å². The number of carbonyl (C=O) groups excluding carboxylic acids is 3.